The number of carbonyl (C=O) groups is 2. The van der Waals surface area contributed by atoms with Gasteiger partial charge in [0.15, 0.2) is 0 Å². The maximum absolute atomic E-state index is 13.6. The van der Waals surface area contributed by atoms with Gasteiger partial charge in [-0.1, -0.05) is 0 Å². The molecule has 0 aliphatic carbocycles. The summed E-state index contributed by atoms with van der Waals surface area (Å²) < 4.78 is 1.75. The third kappa shape index (κ3) is 4.46. The molecular formula is C22H31N7O2. The average Bonchev–Trinajstić information content (AvgIpc) is 3.37. The molecule has 2 aliphatic heterocycles. The van der Waals surface area contributed by atoms with Gasteiger partial charge in [0.2, 0.25) is 11.8 Å². The van der Waals surface area contributed by atoms with Crippen LogP contribution in [-0.4, -0.2) is 92.6 Å². The molecule has 0 N–H and O–H groups in total. The highest BCUT2D eigenvalue weighted by Gasteiger charge is 2.35. The summed E-state index contributed by atoms with van der Waals surface area (Å²) in [4.78, 5) is 40.8. The quantitative estimate of drug-likeness (QED) is 0.716. The molecule has 4 rings (SSSR count). The van der Waals surface area contributed by atoms with Crippen LogP contribution >= 0.6 is 0 Å². The van der Waals surface area contributed by atoms with Crippen molar-refractivity contribution in [3.63, 3.8) is 0 Å². The van der Waals surface area contributed by atoms with E-state index in [9.17, 15) is 9.59 Å². The lowest BCUT2D eigenvalue weighted by molar-refractivity contribution is -0.137. The summed E-state index contributed by atoms with van der Waals surface area (Å²) in [6.45, 7) is 4.04. The van der Waals surface area contributed by atoms with Gasteiger partial charge in [0, 0.05) is 75.6 Å². The first kappa shape index (κ1) is 21.4. The van der Waals surface area contributed by atoms with Crippen LogP contribution in [0, 0.1) is 5.92 Å². The van der Waals surface area contributed by atoms with E-state index < -0.39 is 0 Å². The molecule has 0 spiro atoms. The van der Waals surface area contributed by atoms with Crippen LogP contribution in [0.2, 0.25) is 0 Å². The number of aromatic nitrogens is 4. The third-order valence-electron chi connectivity index (χ3n) is 6.52. The van der Waals surface area contributed by atoms with Crippen LogP contribution in [-0.2, 0) is 29.5 Å². The largest absolute Gasteiger partial charge is 0.342 e. The number of likely N-dealkylation sites (tertiary alicyclic amines) is 1. The molecule has 1 saturated heterocycles. The van der Waals surface area contributed by atoms with E-state index in [1.807, 2.05) is 18.1 Å². The molecule has 2 amide bonds. The van der Waals surface area contributed by atoms with E-state index >= 15 is 0 Å². The summed E-state index contributed by atoms with van der Waals surface area (Å²) in [6.07, 6.45) is 7.44. The molecular weight excluding hydrogens is 394 g/mol. The van der Waals surface area contributed by atoms with Crippen molar-refractivity contribution in [2.24, 2.45) is 13.0 Å². The minimum Gasteiger partial charge on any atom is -0.342 e. The monoisotopic (exact) mass is 425 g/mol. The summed E-state index contributed by atoms with van der Waals surface area (Å²) in [7, 11) is 5.99. The SMILES string of the molecule is CC(=O)N1CCc2ncnc(-c3cnn(C)c3)c2CC(C(=O)N2CCC(N(C)C)C2)C1. The van der Waals surface area contributed by atoms with Gasteiger partial charge in [0.1, 0.15) is 6.33 Å². The minimum absolute atomic E-state index is 0.00428. The number of hydrogen-bond donors (Lipinski definition) is 0. The first-order valence-electron chi connectivity index (χ1n) is 10.9. The number of nitrogens with zero attached hydrogens (tertiary/aromatic N) is 7. The van der Waals surface area contributed by atoms with Crippen LogP contribution in [0.4, 0.5) is 0 Å². The highest BCUT2D eigenvalue weighted by molar-refractivity contribution is 5.81. The summed E-state index contributed by atoms with van der Waals surface area (Å²) in [5, 5.41) is 4.28. The maximum atomic E-state index is 13.6. The standard InChI is InChI=1S/C22H31N7O2/c1-15(30)28-8-6-20-19(21(24-14-23-20)17-10-25-27(4)11-17)9-16(12-28)22(31)29-7-5-18(13-29)26(2)3/h10-11,14,16,18H,5-9,12-13H2,1-4H3. The fraction of sp³-hybridized carbons (Fsp3) is 0.591. The Hall–Kier alpha value is -2.81. The first-order chi connectivity index (χ1) is 14.8. The predicted octanol–water partition coefficient (Wildman–Crippen LogP) is 0.603. The molecule has 166 valence electrons. The van der Waals surface area contributed by atoms with Gasteiger partial charge in [-0.05, 0) is 26.9 Å². The van der Waals surface area contributed by atoms with E-state index in [0.717, 1.165) is 42.0 Å². The molecule has 0 radical (unpaired) electrons. The van der Waals surface area contributed by atoms with Crippen LogP contribution in [0.5, 0.6) is 0 Å². The zero-order valence-electron chi connectivity index (χ0n) is 18.8. The predicted molar refractivity (Wildman–Crippen MR) is 116 cm³/mol. The van der Waals surface area contributed by atoms with E-state index in [0.29, 0.717) is 32.0 Å². The number of likely N-dealkylation sites (N-methyl/N-ethyl adjacent to an activating group) is 1. The van der Waals surface area contributed by atoms with E-state index in [4.69, 9.17) is 0 Å². The normalized spacial score (nSPS) is 21.7. The van der Waals surface area contributed by atoms with Gasteiger partial charge < -0.3 is 14.7 Å². The van der Waals surface area contributed by atoms with Crippen molar-refractivity contribution in [3.8, 4) is 11.3 Å². The lowest BCUT2D eigenvalue weighted by atomic mass is 9.90. The Morgan fingerprint density at radius 1 is 1.13 bits per heavy atom. The third-order valence-corrected chi connectivity index (χ3v) is 6.52. The Balaban J connectivity index is 1.67. The molecule has 2 aromatic heterocycles. The summed E-state index contributed by atoms with van der Waals surface area (Å²) in [6, 6.07) is 0.378. The summed E-state index contributed by atoms with van der Waals surface area (Å²) in [5.41, 5.74) is 3.66. The van der Waals surface area contributed by atoms with Crippen molar-refractivity contribution < 1.29 is 9.59 Å². The van der Waals surface area contributed by atoms with Crippen molar-refractivity contribution >= 4 is 11.8 Å². The minimum atomic E-state index is -0.315. The summed E-state index contributed by atoms with van der Waals surface area (Å²) >= 11 is 0. The number of amides is 2. The van der Waals surface area contributed by atoms with Crippen molar-refractivity contribution in [2.75, 3.05) is 40.3 Å². The Labute approximate surface area is 183 Å². The van der Waals surface area contributed by atoms with Crippen molar-refractivity contribution in [1.82, 2.24) is 34.4 Å². The van der Waals surface area contributed by atoms with Crippen molar-refractivity contribution in [3.05, 3.63) is 30.0 Å². The van der Waals surface area contributed by atoms with E-state index in [-0.39, 0.29) is 17.7 Å². The Morgan fingerprint density at radius 2 is 1.94 bits per heavy atom. The fourth-order valence-electron chi connectivity index (χ4n) is 4.65. The van der Waals surface area contributed by atoms with Gasteiger partial charge in [-0.25, -0.2) is 9.97 Å². The number of carbonyl (C=O) groups excluding carboxylic acids is 2. The average molecular weight is 426 g/mol. The van der Waals surface area contributed by atoms with Gasteiger partial charge in [-0.2, -0.15) is 5.10 Å². The van der Waals surface area contributed by atoms with Gasteiger partial charge in [0.05, 0.1) is 17.8 Å². The molecule has 9 heteroatoms. The second-order valence-electron chi connectivity index (χ2n) is 8.86. The molecule has 0 bridgehead atoms. The molecule has 2 aliphatic rings. The molecule has 2 unspecified atom stereocenters. The molecule has 9 nitrogen and oxygen atoms in total. The van der Waals surface area contributed by atoms with Gasteiger partial charge in [0.25, 0.3) is 0 Å². The van der Waals surface area contributed by atoms with Gasteiger partial charge in [-0.15, -0.1) is 0 Å². The van der Waals surface area contributed by atoms with Crippen LogP contribution in [0.15, 0.2) is 18.7 Å². The molecule has 0 saturated carbocycles. The molecule has 4 heterocycles. The maximum Gasteiger partial charge on any atom is 0.227 e. The number of rotatable bonds is 3. The second kappa shape index (κ2) is 8.74. The molecule has 1 fully saturated rings. The zero-order chi connectivity index (χ0) is 22.1. The van der Waals surface area contributed by atoms with Crippen LogP contribution in [0.1, 0.15) is 24.6 Å². The van der Waals surface area contributed by atoms with Gasteiger partial charge in [-0.3, -0.25) is 14.3 Å². The molecule has 2 atom stereocenters. The van der Waals surface area contributed by atoms with Gasteiger partial charge >= 0.3 is 0 Å². The topological polar surface area (TPSA) is 87.5 Å². The highest BCUT2D eigenvalue weighted by atomic mass is 16.2. The van der Waals surface area contributed by atoms with E-state index in [1.165, 1.54) is 0 Å². The smallest absolute Gasteiger partial charge is 0.227 e. The molecule has 0 aromatic carbocycles. The van der Waals surface area contributed by atoms with E-state index in [2.05, 4.69) is 34.1 Å². The first-order valence-corrected chi connectivity index (χ1v) is 10.9. The van der Waals surface area contributed by atoms with Crippen LogP contribution in [0.25, 0.3) is 11.3 Å². The number of aryl methyl sites for hydroxylation is 1. The van der Waals surface area contributed by atoms with E-state index in [1.54, 1.807) is 29.0 Å². The lowest BCUT2D eigenvalue weighted by Crippen LogP contribution is -2.45. The molecule has 2 aromatic rings. The Bertz CT molecular complexity index is 971. The number of hydrogen-bond acceptors (Lipinski definition) is 6. The van der Waals surface area contributed by atoms with Crippen molar-refractivity contribution in [2.45, 2.75) is 32.2 Å². The lowest BCUT2D eigenvalue weighted by Gasteiger charge is -2.32. The summed E-state index contributed by atoms with van der Waals surface area (Å²) in [5.74, 6) is -0.204. The number of fused-ring (bicyclic) bond motifs is 1. The van der Waals surface area contributed by atoms with Crippen LogP contribution in [0.3, 0.4) is 0 Å². The Kier molecular flexibility index (Phi) is 6.04. The van der Waals surface area contributed by atoms with Crippen molar-refractivity contribution in [1.29, 1.82) is 0 Å². The fourth-order valence-corrected chi connectivity index (χ4v) is 4.65. The Morgan fingerprint density at radius 3 is 2.58 bits per heavy atom. The van der Waals surface area contributed by atoms with Crippen LogP contribution < -0.4 is 0 Å². The second-order valence-corrected chi connectivity index (χ2v) is 8.86. The highest BCUT2D eigenvalue weighted by Crippen LogP contribution is 2.29. The molecule has 31 heavy (non-hydrogen) atoms. The zero-order valence-corrected chi connectivity index (χ0v) is 18.8.